The van der Waals surface area contributed by atoms with Gasteiger partial charge in [0.2, 0.25) is 17.8 Å². The normalized spacial score (nSPS) is 13.0. The zero-order chi connectivity index (χ0) is 24.8. The van der Waals surface area contributed by atoms with Crippen molar-refractivity contribution in [3.63, 3.8) is 0 Å². The predicted molar refractivity (Wildman–Crippen MR) is 140 cm³/mol. The number of rotatable bonds is 15. The van der Waals surface area contributed by atoms with Crippen LogP contribution in [0.5, 0.6) is 0 Å². The number of carbonyl (C=O) groups is 1. The number of amides is 1. The Hall–Kier alpha value is -3.76. The monoisotopic (exact) mass is 491 g/mol. The van der Waals surface area contributed by atoms with E-state index >= 15 is 0 Å². The smallest absolute Gasteiger partial charge is 0.251 e. The van der Waals surface area contributed by atoms with E-state index in [0.29, 0.717) is 69.0 Å². The largest absolute Gasteiger partial charge is 0.377 e. The fraction of sp³-hybridized carbons (Fsp3) is 0.385. The van der Waals surface area contributed by atoms with Crippen molar-refractivity contribution in [3.8, 4) is 0 Å². The zero-order valence-electron chi connectivity index (χ0n) is 20.3. The minimum Gasteiger partial charge on any atom is -0.377 e. The van der Waals surface area contributed by atoms with Crippen LogP contribution < -0.4 is 21.3 Å². The Morgan fingerprint density at radius 3 is 2.11 bits per heavy atom. The fourth-order valence-electron chi connectivity index (χ4n) is 3.45. The highest BCUT2D eigenvalue weighted by atomic mass is 16.5. The van der Waals surface area contributed by atoms with Gasteiger partial charge in [-0.3, -0.25) is 4.79 Å². The second-order valence-corrected chi connectivity index (χ2v) is 8.34. The van der Waals surface area contributed by atoms with Crippen molar-refractivity contribution in [1.29, 1.82) is 0 Å². The number of aromatic nitrogens is 3. The molecule has 0 aliphatic heterocycles. The molecule has 4 N–H and O–H groups in total. The number of nitrogens with one attached hydrogen (secondary N) is 4. The molecule has 190 valence electrons. The topological polar surface area (TPSA) is 122 Å². The Kier molecular flexibility index (Phi) is 9.82. The van der Waals surface area contributed by atoms with Gasteiger partial charge in [-0.15, -0.1) is 0 Å². The van der Waals surface area contributed by atoms with Gasteiger partial charge in [-0.25, -0.2) is 0 Å². The first-order chi connectivity index (χ1) is 17.8. The van der Waals surface area contributed by atoms with E-state index in [4.69, 9.17) is 9.47 Å². The molecule has 10 heteroatoms. The van der Waals surface area contributed by atoms with Crippen LogP contribution in [0.2, 0.25) is 0 Å². The minimum absolute atomic E-state index is 0.104. The molecule has 1 amide bonds. The van der Waals surface area contributed by atoms with E-state index in [-0.39, 0.29) is 5.91 Å². The summed E-state index contributed by atoms with van der Waals surface area (Å²) in [7, 11) is 0. The van der Waals surface area contributed by atoms with Crippen LogP contribution in [0.1, 0.15) is 29.6 Å². The van der Waals surface area contributed by atoms with Crippen LogP contribution in [0.25, 0.3) is 0 Å². The Morgan fingerprint density at radius 2 is 1.42 bits per heavy atom. The summed E-state index contributed by atoms with van der Waals surface area (Å²) >= 11 is 0. The highest BCUT2D eigenvalue weighted by Crippen LogP contribution is 2.23. The van der Waals surface area contributed by atoms with Gasteiger partial charge in [0, 0.05) is 30.4 Å². The first-order valence-electron chi connectivity index (χ1n) is 12.3. The first kappa shape index (κ1) is 25.3. The lowest BCUT2D eigenvalue weighted by Gasteiger charge is -2.26. The van der Waals surface area contributed by atoms with E-state index in [0.717, 1.165) is 18.5 Å². The maximum Gasteiger partial charge on any atom is 0.251 e. The van der Waals surface area contributed by atoms with E-state index in [1.807, 2.05) is 48.5 Å². The number of para-hydroxylation sites is 1. The molecule has 1 heterocycles. The third-order valence-corrected chi connectivity index (χ3v) is 5.57. The third-order valence-electron chi connectivity index (χ3n) is 5.57. The number of anilines is 4. The summed E-state index contributed by atoms with van der Waals surface area (Å²) < 4.78 is 11.1. The van der Waals surface area contributed by atoms with Crippen molar-refractivity contribution >= 4 is 29.4 Å². The minimum atomic E-state index is -0.104. The molecule has 0 atom stereocenters. The van der Waals surface area contributed by atoms with Gasteiger partial charge in [0.1, 0.15) is 0 Å². The maximum absolute atomic E-state index is 12.0. The summed E-state index contributed by atoms with van der Waals surface area (Å²) in [5, 5.41) is 12.6. The fourth-order valence-corrected chi connectivity index (χ4v) is 3.45. The molecular weight excluding hydrogens is 458 g/mol. The number of hydrogen-bond acceptors (Lipinski definition) is 9. The SMILES string of the molecule is O=C(NCCOCCOCCNc1nc(Nc2ccccc2)nc(NC2CCC2)n1)c1ccccc1. The van der Waals surface area contributed by atoms with Gasteiger partial charge in [-0.1, -0.05) is 36.4 Å². The highest BCUT2D eigenvalue weighted by molar-refractivity contribution is 5.94. The Balaban J connectivity index is 1.12. The van der Waals surface area contributed by atoms with Crippen LogP contribution in [0.4, 0.5) is 23.5 Å². The molecule has 0 bridgehead atoms. The van der Waals surface area contributed by atoms with E-state index in [2.05, 4.69) is 36.2 Å². The van der Waals surface area contributed by atoms with E-state index < -0.39 is 0 Å². The maximum atomic E-state index is 12.0. The number of ether oxygens (including phenoxy) is 2. The molecule has 1 fully saturated rings. The van der Waals surface area contributed by atoms with Gasteiger partial charge in [0.05, 0.1) is 26.4 Å². The summed E-state index contributed by atoms with van der Waals surface area (Å²) in [6.07, 6.45) is 3.49. The lowest BCUT2D eigenvalue weighted by atomic mass is 9.93. The van der Waals surface area contributed by atoms with Crippen molar-refractivity contribution in [1.82, 2.24) is 20.3 Å². The second kappa shape index (κ2) is 14.0. The lowest BCUT2D eigenvalue weighted by Crippen LogP contribution is -2.28. The number of hydrogen-bond donors (Lipinski definition) is 4. The van der Waals surface area contributed by atoms with Crippen molar-refractivity contribution in [3.05, 3.63) is 66.2 Å². The van der Waals surface area contributed by atoms with Crippen molar-refractivity contribution in [2.24, 2.45) is 0 Å². The van der Waals surface area contributed by atoms with E-state index in [1.165, 1.54) is 6.42 Å². The van der Waals surface area contributed by atoms with Gasteiger partial charge in [0.25, 0.3) is 5.91 Å². The lowest BCUT2D eigenvalue weighted by molar-refractivity contribution is 0.0519. The summed E-state index contributed by atoms with van der Waals surface area (Å²) in [4.78, 5) is 25.5. The molecule has 3 aromatic rings. The van der Waals surface area contributed by atoms with E-state index in [9.17, 15) is 4.79 Å². The molecular formula is C26H33N7O3. The predicted octanol–water partition coefficient (Wildman–Crippen LogP) is 3.45. The number of nitrogens with zero attached hydrogens (tertiary/aromatic N) is 3. The van der Waals surface area contributed by atoms with Crippen LogP contribution in [0, 0.1) is 0 Å². The van der Waals surface area contributed by atoms with Crippen molar-refractivity contribution < 1.29 is 14.3 Å². The Morgan fingerprint density at radius 1 is 0.778 bits per heavy atom. The molecule has 10 nitrogen and oxygen atoms in total. The standard InChI is InChI=1S/C26H33N7O3/c34-23(20-8-3-1-4-9-20)27-14-16-35-18-19-36-17-15-28-24-31-25(29-21-10-5-2-6-11-21)33-26(32-24)30-22-12-7-13-22/h1-6,8-11,22H,7,12-19H2,(H,27,34)(H3,28,29,30,31,32,33). The molecule has 36 heavy (non-hydrogen) atoms. The van der Waals surface area contributed by atoms with Crippen LogP contribution >= 0.6 is 0 Å². The zero-order valence-corrected chi connectivity index (χ0v) is 20.3. The van der Waals surface area contributed by atoms with Gasteiger partial charge in [-0.05, 0) is 43.5 Å². The molecule has 0 unspecified atom stereocenters. The molecule has 1 aliphatic carbocycles. The van der Waals surface area contributed by atoms with Gasteiger partial charge in [-0.2, -0.15) is 15.0 Å². The van der Waals surface area contributed by atoms with Crippen LogP contribution in [0.15, 0.2) is 60.7 Å². The van der Waals surface area contributed by atoms with Crippen molar-refractivity contribution in [2.45, 2.75) is 25.3 Å². The molecule has 1 aromatic heterocycles. The van der Waals surface area contributed by atoms with Gasteiger partial charge in [0.15, 0.2) is 0 Å². The average molecular weight is 492 g/mol. The van der Waals surface area contributed by atoms with Crippen LogP contribution in [0.3, 0.4) is 0 Å². The molecule has 1 aliphatic rings. The Bertz CT molecular complexity index is 1070. The summed E-state index contributed by atoms with van der Waals surface area (Å²) in [5.41, 5.74) is 1.55. The van der Waals surface area contributed by atoms with Crippen LogP contribution in [-0.2, 0) is 9.47 Å². The van der Waals surface area contributed by atoms with Gasteiger partial charge < -0.3 is 30.7 Å². The molecule has 1 saturated carbocycles. The third kappa shape index (κ3) is 8.47. The molecule has 0 saturated heterocycles. The van der Waals surface area contributed by atoms with Gasteiger partial charge >= 0.3 is 0 Å². The number of carbonyl (C=O) groups excluding carboxylic acids is 1. The van der Waals surface area contributed by atoms with Crippen LogP contribution in [-0.4, -0.2) is 66.4 Å². The summed E-state index contributed by atoms with van der Waals surface area (Å²) in [6, 6.07) is 19.3. The summed E-state index contributed by atoms with van der Waals surface area (Å²) in [5.74, 6) is 1.42. The first-order valence-corrected chi connectivity index (χ1v) is 12.3. The number of benzene rings is 2. The summed E-state index contributed by atoms with van der Waals surface area (Å²) in [6.45, 7) is 2.82. The van der Waals surface area contributed by atoms with Crippen molar-refractivity contribution in [2.75, 3.05) is 55.5 Å². The highest BCUT2D eigenvalue weighted by Gasteiger charge is 2.19. The average Bonchev–Trinajstić information content (AvgIpc) is 2.88. The Labute approximate surface area is 211 Å². The molecule has 0 spiro atoms. The second-order valence-electron chi connectivity index (χ2n) is 8.34. The molecule has 0 radical (unpaired) electrons. The quantitative estimate of drug-likeness (QED) is 0.237. The molecule has 4 rings (SSSR count). The van der Waals surface area contributed by atoms with E-state index in [1.54, 1.807) is 12.1 Å². The molecule has 2 aromatic carbocycles.